The predicted octanol–water partition coefficient (Wildman–Crippen LogP) is 2.48. The molecule has 5 heteroatoms. The third-order valence-corrected chi connectivity index (χ3v) is 4.89. The van der Waals surface area contributed by atoms with Crippen LogP contribution in [-0.2, 0) is 0 Å². The minimum Gasteiger partial charge on any atom is -0.384 e. The lowest BCUT2D eigenvalue weighted by molar-refractivity contribution is 0.0822. The molecule has 1 fully saturated rings. The second-order valence-electron chi connectivity index (χ2n) is 5.38. The molecule has 1 unspecified atom stereocenters. The van der Waals surface area contributed by atoms with Crippen LogP contribution >= 0.6 is 11.8 Å². The molecule has 1 amide bonds. The Kier molecular flexibility index (Phi) is 4.34. The van der Waals surface area contributed by atoms with Gasteiger partial charge in [0.1, 0.15) is 5.69 Å². The molecule has 4 nitrogen and oxygen atoms in total. The van der Waals surface area contributed by atoms with Crippen molar-refractivity contribution in [1.82, 2.24) is 9.88 Å². The first-order valence-electron chi connectivity index (χ1n) is 6.56. The Morgan fingerprint density at radius 3 is 3.00 bits per heavy atom. The predicted molar refractivity (Wildman–Crippen MR) is 80.8 cm³/mol. The van der Waals surface area contributed by atoms with Gasteiger partial charge in [0.25, 0.3) is 5.91 Å². The van der Waals surface area contributed by atoms with Crippen molar-refractivity contribution < 1.29 is 4.79 Å². The Morgan fingerprint density at radius 2 is 2.37 bits per heavy atom. The molecule has 2 rings (SSSR count). The van der Waals surface area contributed by atoms with Gasteiger partial charge in [-0.25, -0.2) is 0 Å². The summed E-state index contributed by atoms with van der Waals surface area (Å²) in [5.41, 5.74) is 1.45. The van der Waals surface area contributed by atoms with Crippen LogP contribution in [0.1, 0.15) is 30.3 Å². The summed E-state index contributed by atoms with van der Waals surface area (Å²) in [7, 11) is 3.47. The van der Waals surface area contributed by atoms with Crippen molar-refractivity contribution in [3.63, 3.8) is 0 Å². The third kappa shape index (κ3) is 3.62. The van der Waals surface area contributed by atoms with Gasteiger partial charge in [-0.2, -0.15) is 11.8 Å². The molecule has 104 valence electrons. The zero-order chi connectivity index (χ0) is 13.9. The summed E-state index contributed by atoms with van der Waals surface area (Å²) in [6.45, 7) is 3.22. The van der Waals surface area contributed by atoms with Crippen LogP contribution in [0, 0.1) is 0 Å². The fourth-order valence-corrected chi connectivity index (χ4v) is 3.40. The van der Waals surface area contributed by atoms with E-state index in [1.165, 1.54) is 18.6 Å². The molecule has 0 bridgehead atoms. The van der Waals surface area contributed by atoms with Gasteiger partial charge in [0.05, 0.1) is 0 Å². The Morgan fingerprint density at radius 1 is 1.58 bits per heavy atom. The van der Waals surface area contributed by atoms with Crippen LogP contribution in [-0.4, -0.2) is 46.9 Å². The largest absolute Gasteiger partial charge is 0.384 e. The summed E-state index contributed by atoms with van der Waals surface area (Å²) < 4.78 is 0.314. The number of aromatic nitrogens is 1. The molecular formula is C14H21N3OS. The minimum absolute atomic E-state index is 0.0647. The van der Waals surface area contributed by atoms with Crippen molar-refractivity contribution in [2.24, 2.45) is 0 Å². The quantitative estimate of drug-likeness (QED) is 0.919. The standard InChI is InChI=1S/C14H21N3OS/c1-14(6-4-8-19-14)10-16-11-5-7-15-12(9-11)13(18)17(2)3/h5,7,9H,4,6,8,10H2,1-3H3,(H,15,16). The van der Waals surface area contributed by atoms with Crippen LogP contribution in [0.2, 0.25) is 0 Å². The maximum atomic E-state index is 11.9. The molecular weight excluding hydrogens is 258 g/mol. The van der Waals surface area contributed by atoms with Crippen molar-refractivity contribution in [3.8, 4) is 0 Å². The Bertz CT molecular complexity index is 456. The third-order valence-electron chi connectivity index (χ3n) is 3.35. The number of thioether (sulfide) groups is 1. The number of nitrogens with one attached hydrogen (secondary N) is 1. The Balaban J connectivity index is 2.01. The number of amides is 1. The lowest BCUT2D eigenvalue weighted by Crippen LogP contribution is -2.27. The van der Waals surface area contributed by atoms with E-state index in [-0.39, 0.29) is 5.91 Å². The second kappa shape index (κ2) is 5.82. The van der Waals surface area contributed by atoms with E-state index in [0.29, 0.717) is 10.4 Å². The zero-order valence-corrected chi connectivity index (χ0v) is 12.6. The molecule has 1 saturated heterocycles. The lowest BCUT2D eigenvalue weighted by atomic mass is 10.1. The number of carbonyl (C=O) groups is 1. The van der Waals surface area contributed by atoms with Gasteiger partial charge in [0.15, 0.2) is 0 Å². The SMILES string of the molecule is CN(C)C(=O)c1cc(NCC2(C)CCCS2)ccn1. The van der Waals surface area contributed by atoms with Crippen molar-refractivity contribution in [1.29, 1.82) is 0 Å². The van der Waals surface area contributed by atoms with Crippen molar-refractivity contribution >= 4 is 23.4 Å². The second-order valence-corrected chi connectivity index (χ2v) is 7.07. The van der Waals surface area contributed by atoms with Crippen LogP contribution < -0.4 is 5.32 Å². The van der Waals surface area contributed by atoms with E-state index in [9.17, 15) is 4.79 Å². The number of nitrogens with zero attached hydrogens (tertiary/aromatic N) is 2. The topological polar surface area (TPSA) is 45.2 Å². The van der Waals surface area contributed by atoms with Crippen LogP contribution in [0.25, 0.3) is 0 Å². The first kappa shape index (κ1) is 14.2. The summed E-state index contributed by atoms with van der Waals surface area (Å²) in [4.78, 5) is 17.5. The highest BCUT2D eigenvalue weighted by Crippen LogP contribution is 2.37. The maximum absolute atomic E-state index is 11.9. The van der Waals surface area contributed by atoms with Gasteiger partial charge in [0, 0.05) is 37.3 Å². The van der Waals surface area contributed by atoms with E-state index in [1.54, 1.807) is 25.2 Å². The summed E-state index contributed by atoms with van der Waals surface area (Å²) in [6.07, 6.45) is 4.23. The van der Waals surface area contributed by atoms with E-state index < -0.39 is 0 Å². The zero-order valence-electron chi connectivity index (χ0n) is 11.8. The van der Waals surface area contributed by atoms with E-state index in [1.807, 2.05) is 23.9 Å². The highest BCUT2D eigenvalue weighted by atomic mass is 32.2. The Hall–Kier alpha value is -1.23. The van der Waals surface area contributed by atoms with Gasteiger partial charge in [-0.1, -0.05) is 0 Å². The number of pyridine rings is 1. The average molecular weight is 279 g/mol. The molecule has 0 aromatic carbocycles. The molecule has 0 aliphatic carbocycles. The smallest absolute Gasteiger partial charge is 0.272 e. The van der Waals surface area contributed by atoms with Crippen LogP contribution in [0.5, 0.6) is 0 Å². The molecule has 1 aromatic rings. The molecule has 2 heterocycles. The highest BCUT2D eigenvalue weighted by Gasteiger charge is 2.29. The number of carbonyl (C=O) groups excluding carboxylic acids is 1. The summed E-state index contributed by atoms with van der Waals surface area (Å²) in [6, 6.07) is 3.74. The van der Waals surface area contributed by atoms with Crippen molar-refractivity contribution in [3.05, 3.63) is 24.0 Å². The van der Waals surface area contributed by atoms with E-state index in [0.717, 1.165) is 12.2 Å². The fourth-order valence-electron chi connectivity index (χ4n) is 2.15. The average Bonchev–Trinajstić information content (AvgIpc) is 2.83. The van der Waals surface area contributed by atoms with E-state index in [4.69, 9.17) is 0 Å². The fraction of sp³-hybridized carbons (Fsp3) is 0.571. The molecule has 1 aromatic heterocycles. The van der Waals surface area contributed by atoms with Crippen molar-refractivity contribution in [2.75, 3.05) is 31.7 Å². The first-order valence-corrected chi connectivity index (χ1v) is 7.54. The molecule has 1 atom stereocenters. The molecule has 1 aliphatic heterocycles. The number of anilines is 1. The van der Waals surface area contributed by atoms with Crippen LogP contribution in [0.3, 0.4) is 0 Å². The van der Waals surface area contributed by atoms with E-state index >= 15 is 0 Å². The summed E-state index contributed by atoms with van der Waals surface area (Å²) in [5.74, 6) is 1.18. The molecule has 1 N–H and O–H groups in total. The number of rotatable bonds is 4. The number of hydrogen-bond donors (Lipinski definition) is 1. The minimum atomic E-state index is -0.0647. The molecule has 1 aliphatic rings. The van der Waals surface area contributed by atoms with Gasteiger partial charge < -0.3 is 10.2 Å². The summed E-state index contributed by atoms with van der Waals surface area (Å²) in [5, 5.41) is 3.43. The molecule has 0 spiro atoms. The monoisotopic (exact) mass is 279 g/mol. The molecule has 19 heavy (non-hydrogen) atoms. The van der Waals surface area contributed by atoms with Gasteiger partial charge in [-0.05, 0) is 37.7 Å². The van der Waals surface area contributed by atoms with Crippen LogP contribution in [0.15, 0.2) is 18.3 Å². The van der Waals surface area contributed by atoms with Gasteiger partial charge in [-0.15, -0.1) is 0 Å². The van der Waals surface area contributed by atoms with Gasteiger partial charge in [0.2, 0.25) is 0 Å². The van der Waals surface area contributed by atoms with E-state index in [2.05, 4.69) is 17.2 Å². The van der Waals surface area contributed by atoms with Crippen molar-refractivity contribution in [2.45, 2.75) is 24.5 Å². The first-order chi connectivity index (χ1) is 9.00. The molecule has 0 radical (unpaired) electrons. The lowest BCUT2D eigenvalue weighted by Gasteiger charge is -2.23. The van der Waals surface area contributed by atoms with Crippen LogP contribution in [0.4, 0.5) is 5.69 Å². The Labute approximate surface area is 119 Å². The highest BCUT2D eigenvalue weighted by molar-refractivity contribution is 8.00. The summed E-state index contributed by atoms with van der Waals surface area (Å²) >= 11 is 2.03. The van der Waals surface area contributed by atoms with Gasteiger partial charge >= 0.3 is 0 Å². The van der Waals surface area contributed by atoms with Gasteiger partial charge in [-0.3, -0.25) is 9.78 Å². The normalized spacial score (nSPS) is 22.3. The maximum Gasteiger partial charge on any atom is 0.272 e. The molecule has 0 saturated carbocycles. The number of hydrogen-bond acceptors (Lipinski definition) is 4.